The van der Waals surface area contributed by atoms with Crippen LogP contribution in [0.2, 0.25) is 0 Å². The molecule has 0 aliphatic heterocycles. The Hall–Kier alpha value is -0.150. The molecule has 0 fully saturated rings. The first-order chi connectivity index (χ1) is 5.57. The third kappa shape index (κ3) is 8.19. The fourth-order valence-electron chi connectivity index (χ4n) is 0.933. The van der Waals surface area contributed by atoms with Crippen LogP contribution in [-0.2, 0) is 0 Å². The van der Waals surface area contributed by atoms with Crippen molar-refractivity contribution in [2.24, 2.45) is 5.92 Å². The minimum Gasteiger partial charge on any atom is -0.465 e. The Kier molecular flexibility index (Phi) is 9.96. The molecule has 5 heteroatoms. The smallest absolute Gasteiger partial charge is 0.405 e. The quantitative estimate of drug-likeness (QED) is 0.563. The summed E-state index contributed by atoms with van der Waals surface area (Å²) in [4.78, 5) is 10.2. The fraction of sp³-hybridized carbons (Fsp3) is 0.875. The minimum atomic E-state index is -1.06. The number of carbonyl (C=O) groups is 1. The van der Waals surface area contributed by atoms with Crippen molar-refractivity contribution in [3.05, 3.63) is 0 Å². The van der Waals surface area contributed by atoms with Crippen LogP contribution in [-0.4, -0.2) is 16.7 Å². The predicted molar refractivity (Wildman–Crippen MR) is 56.7 cm³/mol. The third-order valence-corrected chi connectivity index (χ3v) is 2.31. The molecule has 0 bridgehead atoms. The van der Waals surface area contributed by atoms with Gasteiger partial charge < -0.3 is 10.4 Å². The molecule has 2 atom stereocenters. The molecular weight excluding hydrogens is 213 g/mol. The van der Waals surface area contributed by atoms with Crippen molar-refractivity contribution >= 4 is 30.1 Å². The summed E-state index contributed by atoms with van der Waals surface area (Å²) in [5.41, 5.74) is -0.464. The monoisotopic (exact) mass is 229 g/mol. The summed E-state index contributed by atoms with van der Waals surface area (Å²) >= 11 is 5.77. The van der Waals surface area contributed by atoms with Gasteiger partial charge in [-0.3, -0.25) is 0 Å². The highest BCUT2D eigenvalue weighted by molar-refractivity contribution is 6.21. The summed E-state index contributed by atoms with van der Waals surface area (Å²) in [5.74, 6) is 0.197. The maximum absolute atomic E-state index is 10.2. The van der Waals surface area contributed by atoms with Gasteiger partial charge in [-0.2, -0.15) is 0 Å². The average molecular weight is 230 g/mol. The second-order valence-electron chi connectivity index (χ2n) is 2.97. The standard InChI is InChI=1S/C8H16ClNO2.ClH/c1-3-4-5-6(2)7(9)10-8(11)12;/h6-7,10H,3-5H2,1-2H3,(H,11,12);1H. The minimum absolute atomic E-state index is 0. The van der Waals surface area contributed by atoms with E-state index in [1.807, 2.05) is 6.92 Å². The average Bonchev–Trinajstić information content (AvgIpc) is 1.98. The molecule has 0 aromatic rings. The number of unbranched alkanes of at least 4 members (excludes halogenated alkanes) is 1. The SMILES string of the molecule is CCCCC(C)C(Cl)NC(=O)O.Cl. The molecule has 0 rings (SSSR count). The maximum atomic E-state index is 10.2. The lowest BCUT2D eigenvalue weighted by Crippen LogP contribution is -2.34. The van der Waals surface area contributed by atoms with Crippen molar-refractivity contribution < 1.29 is 9.90 Å². The van der Waals surface area contributed by atoms with E-state index in [9.17, 15) is 4.79 Å². The van der Waals surface area contributed by atoms with Crippen LogP contribution in [0, 0.1) is 5.92 Å². The van der Waals surface area contributed by atoms with E-state index in [2.05, 4.69) is 12.2 Å². The summed E-state index contributed by atoms with van der Waals surface area (Å²) in [6.45, 7) is 4.05. The van der Waals surface area contributed by atoms with Crippen LogP contribution in [0.15, 0.2) is 0 Å². The topological polar surface area (TPSA) is 49.3 Å². The Morgan fingerprint density at radius 3 is 2.54 bits per heavy atom. The molecule has 0 spiro atoms. The van der Waals surface area contributed by atoms with E-state index < -0.39 is 11.6 Å². The van der Waals surface area contributed by atoms with Crippen molar-refractivity contribution in [2.45, 2.75) is 38.6 Å². The molecule has 2 unspecified atom stereocenters. The summed E-state index contributed by atoms with van der Waals surface area (Å²) in [5, 5.41) is 10.6. The highest BCUT2D eigenvalue weighted by atomic mass is 35.5. The van der Waals surface area contributed by atoms with Crippen LogP contribution in [0.5, 0.6) is 0 Å². The van der Waals surface area contributed by atoms with Gasteiger partial charge >= 0.3 is 6.09 Å². The van der Waals surface area contributed by atoms with Gasteiger partial charge in [-0.15, -0.1) is 12.4 Å². The van der Waals surface area contributed by atoms with Gasteiger partial charge in [0.2, 0.25) is 0 Å². The van der Waals surface area contributed by atoms with Crippen LogP contribution in [0.3, 0.4) is 0 Å². The van der Waals surface area contributed by atoms with Gasteiger partial charge in [0.1, 0.15) is 5.50 Å². The molecule has 3 nitrogen and oxygen atoms in total. The third-order valence-electron chi connectivity index (χ3n) is 1.77. The largest absolute Gasteiger partial charge is 0.465 e. The van der Waals surface area contributed by atoms with Gasteiger partial charge in [-0.05, 0) is 12.3 Å². The molecule has 80 valence electrons. The van der Waals surface area contributed by atoms with Gasteiger partial charge in [0.15, 0.2) is 0 Å². The Bertz CT molecular complexity index is 144. The van der Waals surface area contributed by atoms with Crippen molar-refractivity contribution in [3.63, 3.8) is 0 Å². The molecule has 0 aromatic heterocycles. The van der Waals surface area contributed by atoms with Crippen LogP contribution in [0.25, 0.3) is 0 Å². The summed E-state index contributed by atoms with van der Waals surface area (Å²) in [6, 6.07) is 0. The number of amides is 1. The van der Waals surface area contributed by atoms with Gasteiger partial charge in [0.25, 0.3) is 0 Å². The zero-order valence-corrected chi connectivity index (χ0v) is 9.49. The van der Waals surface area contributed by atoms with Crippen molar-refractivity contribution in [1.82, 2.24) is 5.32 Å². The number of halogens is 2. The molecule has 0 aliphatic carbocycles. The molecule has 1 amide bonds. The van der Waals surface area contributed by atoms with Crippen molar-refractivity contribution in [2.75, 3.05) is 0 Å². The van der Waals surface area contributed by atoms with Crippen LogP contribution < -0.4 is 5.32 Å². The van der Waals surface area contributed by atoms with E-state index in [1.165, 1.54) is 0 Å². The van der Waals surface area contributed by atoms with Gasteiger partial charge in [-0.25, -0.2) is 4.79 Å². The zero-order valence-electron chi connectivity index (χ0n) is 7.92. The zero-order chi connectivity index (χ0) is 9.56. The number of carboxylic acid groups (broad SMARTS) is 1. The normalized spacial score (nSPS) is 14.1. The van der Waals surface area contributed by atoms with Gasteiger partial charge in [-0.1, -0.05) is 38.3 Å². The molecular formula is C8H17Cl2NO2. The molecule has 13 heavy (non-hydrogen) atoms. The fourth-order valence-corrected chi connectivity index (χ4v) is 1.15. The van der Waals surface area contributed by atoms with Crippen molar-refractivity contribution in [3.8, 4) is 0 Å². The van der Waals surface area contributed by atoms with Crippen molar-refractivity contribution in [1.29, 1.82) is 0 Å². The Labute approximate surface area is 90.3 Å². The summed E-state index contributed by atoms with van der Waals surface area (Å²) in [6.07, 6.45) is 2.11. The molecule has 0 saturated heterocycles. The second-order valence-corrected chi connectivity index (χ2v) is 3.44. The summed E-state index contributed by atoms with van der Waals surface area (Å²) in [7, 11) is 0. The van der Waals surface area contributed by atoms with Crippen LogP contribution in [0.4, 0.5) is 4.79 Å². The number of rotatable bonds is 5. The first-order valence-corrected chi connectivity index (χ1v) is 4.65. The lowest BCUT2D eigenvalue weighted by molar-refractivity contribution is 0.190. The van der Waals surface area contributed by atoms with E-state index in [0.717, 1.165) is 19.3 Å². The summed E-state index contributed by atoms with van der Waals surface area (Å²) < 4.78 is 0. The number of hydrogen-bond acceptors (Lipinski definition) is 1. The lowest BCUT2D eigenvalue weighted by atomic mass is 10.0. The Balaban J connectivity index is 0. The van der Waals surface area contributed by atoms with E-state index in [4.69, 9.17) is 16.7 Å². The number of hydrogen-bond donors (Lipinski definition) is 2. The van der Waals surface area contributed by atoms with E-state index >= 15 is 0 Å². The molecule has 2 N–H and O–H groups in total. The van der Waals surface area contributed by atoms with Gasteiger partial charge in [0, 0.05) is 0 Å². The predicted octanol–water partition coefficient (Wildman–Crippen LogP) is 3.07. The van der Waals surface area contributed by atoms with E-state index in [1.54, 1.807) is 0 Å². The Morgan fingerprint density at radius 2 is 2.15 bits per heavy atom. The van der Waals surface area contributed by atoms with Crippen LogP contribution >= 0.6 is 24.0 Å². The van der Waals surface area contributed by atoms with Gasteiger partial charge in [0.05, 0.1) is 0 Å². The van der Waals surface area contributed by atoms with Crippen LogP contribution in [0.1, 0.15) is 33.1 Å². The highest BCUT2D eigenvalue weighted by Crippen LogP contribution is 2.14. The molecule has 0 aliphatic rings. The highest BCUT2D eigenvalue weighted by Gasteiger charge is 2.15. The first-order valence-electron chi connectivity index (χ1n) is 4.21. The maximum Gasteiger partial charge on any atom is 0.405 e. The second kappa shape index (κ2) is 8.45. The molecule has 0 heterocycles. The first kappa shape index (κ1) is 15.3. The molecule has 0 saturated carbocycles. The Morgan fingerprint density at radius 1 is 1.62 bits per heavy atom. The van der Waals surface area contributed by atoms with E-state index in [-0.39, 0.29) is 18.3 Å². The molecule has 0 radical (unpaired) electrons. The number of alkyl halides is 1. The lowest BCUT2D eigenvalue weighted by Gasteiger charge is -2.16. The van der Waals surface area contributed by atoms with E-state index in [0.29, 0.717) is 0 Å². The number of nitrogens with one attached hydrogen (secondary N) is 1. The molecule has 0 aromatic carbocycles.